The molecule has 0 aromatic heterocycles. The summed E-state index contributed by atoms with van der Waals surface area (Å²) in [5.74, 6) is -0.262. The lowest BCUT2D eigenvalue weighted by molar-refractivity contribution is -0.118. The van der Waals surface area contributed by atoms with Crippen molar-refractivity contribution in [2.24, 2.45) is 0 Å². The molecule has 2 atom stereocenters. The molecule has 0 unspecified atom stereocenters. The summed E-state index contributed by atoms with van der Waals surface area (Å²) in [6.07, 6.45) is -0.0785. The van der Waals surface area contributed by atoms with Crippen LogP contribution in [0.1, 0.15) is 38.3 Å². The Kier molecular flexibility index (Phi) is 7.24. The van der Waals surface area contributed by atoms with Crippen molar-refractivity contribution in [1.29, 1.82) is 0 Å². The van der Waals surface area contributed by atoms with Gasteiger partial charge in [0.15, 0.2) is 0 Å². The van der Waals surface area contributed by atoms with E-state index in [4.69, 9.17) is 5.11 Å². The van der Waals surface area contributed by atoms with Gasteiger partial charge in [-0.1, -0.05) is 25.1 Å². The van der Waals surface area contributed by atoms with E-state index in [2.05, 4.69) is 10.0 Å². The van der Waals surface area contributed by atoms with E-state index in [1.54, 1.807) is 24.3 Å². The number of carboxylic acid groups (broad SMARTS) is 1. The molecule has 4 N–H and O–H groups in total. The summed E-state index contributed by atoms with van der Waals surface area (Å²) in [5.41, 5.74) is 3.17. The number of benzene rings is 2. The Labute approximate surface area is 187 Å². The molecule has 0 aliphatic carbocycles. The minimum Gasteiger partial charge on any atom is -0.465 e. The zero-order valence-electron chi connectivity index (χ0n) is 18.0. The van der Waals surface area contributed by atoms with Gasteiger partial charge in [-0.05, 0) is 49.2 Å². The first-order chi connectivity index (χ1) is 15.2. The molecule has 0 spiro atoms. The Morgan fingerprint density at radius 1 is 1.09 bits per heavy atom. The Hall–Kier alpha value is -3.27. The van der Waals surface area contributed by atoms with E-state index in [0.29, 0.717) is 12.1 Å². The molecule has 1 aliphatic heterocycles. The smallest absolute Gasteiger partial charge is 0.404 e. The van der Waals surface area contributed by atoms with Crippen LogP contribution in [0.2, 0.25) is 0 Å². The highest BCUT2D eigenvalue weighted by molar-refractivity contribution is 7.92. The molecule has 32 heavy (non-hydrogen) atoms. The van der Waals surface area contributed by atoms with E-state index in [9.17, 15) is 18.0 Å². The number of fused-ring (bicyclic) bond motifs is 1. The summed E-state index contributed by atoms with van der Waals surface area (Å²) in [5, 5.41) is 14.1. The molecule has 0 saturated heterocycles. The molecular formula is C22H28N4O5S. The van der Waals surface area contributed by atoms with Crippen LogP contribution >= 0.6 is 0 Å². The largest absolute Gasteiger partial charge is 0.465 e. The van der Waals surface area contributed by atoms with E-state index in [1.165, 1.54) is 0 Å². The molecule has 172 valence electrons. The van der Waals surface area contributed by atoms with E-state index >= 15 is 0 Å². The predicted molar refractivity (Wildman–Crippen MR) is 125 cm³/mol. The van der Waals surface area contributed by atoms with Crippen molar-refractivity contribution >= 4 is 39.1 Å². The van der Waals surface area contributed by atoms with E-state index in [-0.39, 0.29) is 30.3 Å². The maximum Gasteiger partial charge on any atom is 0.404 e. The number of amides is 2. The second-order valence-corrected chi connectivity index (χ2v) is 9.53. The monoisotopic (exact) mass is 460 g/mol. The third-order valence-electron chi connectivity index (χ3n) is 5.31. The summed E-state index contributed by atoms with van der Waals surface area (Å²) in [6, 6.07) is 14.8. The molecule has 1 heterocycles. The fraction of sp³-hybridized carbons (Fsp3) is 0.364. The number of anilines is 3. The fourth-order valence-corrected chi connectivity index (χ4v) is 4.83. The lowest BCUT2D eigenvalue weighted by Gasteiger charge is -2.40. The fourth-order valence-electron chi connectivity index (χ4n) is 3.86. The number of sulfonamides is 1. The maximum atomic E-state index is 12.5. The lowest BCUT2D eigenvalue weighted by atomic mass is 9.91. The molecule has 2 aromatic rings. The van der Waals surface area contributed by atoms with E-state index < -0.39 is 16.1 Å². The van der Waals surface area contributed by atoms with E-state index in [1.807, 2.05) is 48.3 Å². The van der Waals surface area contributed by atoms with Crippen LogP contribution in [0.25, 0.3) is 0 Å². The zero-order valence-corrected chi connectivity index (χ0v) is 18.9. The SMILES string of the molecule is CCC(=O)N1c2ccccc2[C@H](Nc2ccc(NS(=O)(=O)CCNC(=O)O)cc2)C[C@@H]1C. The number of para-hydroxylation sites is 1. The van der Waals surface area contributed by atoms with Gasteiger partial charge in [-0.15, -0.1) is 0 Å². The van der Waals surface area contributed by atoms with Crippen LogP contribution in [0.15, 0.2) is 48.5 Å². The van der Waals surface area contributed by atoms with Crippen molar-refractivity contribution in [2.75, 3.05) is 27.2 Å². The summed E-state index contributed by atoms with van der Waals surface area (Å²) in [4.78, 5) is 24.8. The summed E-state index contributed by atoms with van der Waals surface area (Å²) in [7, 11) is -3.67. The van der Waals surface area contributed by atoms with Crippen molar-refractivity contribution in [2.45, 2.75) is 38.8 Å². The quantitative estimate of drug-likeness (QED) is 0.478. The van der Waals surface area contributed by atoms with Crippen LogP contribution in [-0.4, -0.2) is 43.9 Å². The summed E-state index contributed by atoms with van der Waals surface area (Å²) < 4.78 is 26.6. The molecule has 1 aliphatic rings. The third kappa shape index (κ3) is 5.70. The Balaban J connectivity index is 1.70. The number of hydrogen-bond acceptors (Lipinski definition) is 5. The van der Waals surface area contributed by atoms with Crippen LogP contribution < -0.4 is 20.3 Å². The van der Waals surface area contributed by atoms with Crippen LogP contribution in [-0.2, 0) is 14.8 Å². The van der Waals surface area contributed by atoms with Gasteiger partial charge in [0, 0.05) is 36.1 Å². The molecule has 9 nitrogen and oxygen atoms in total. The highest BCUT2D eigenvalue weighted by atomic mass is 32.2. The predicted octanol–water partition coefficient (Wildman–Crippen LogP) is 3.38. The van der Waals surface area contributed by atoms with Crippen LogP contribution in [0.3, 0.4) is 0 Å². The average Bonchev–Trinajstić information content (AvgIpc) is 2.74. The van der Waals surface area contributed by atoms with Gasteiger partial charge in [-0.25, -0.2) is 13.2 Å². The standard InChI is InChI=1S/C22H28N4O5S/c1-3-21(27)26-15(2)14-19(18-6-4-5-7-20(18)26)24-16-8-10-17(11-9-16)25-32(30,31)13-12-23-22(28)29/h4-11,15,19,23-25H,3,12-14H2,1-2H3,(H,28,29)/t15-,19+/m0/s1. The number of rotatable bonds is 8. The molecule has 2 aromatic carbocycles. The number of nitrogens with zero attached hydrogens (tertiary/aromatic N) is 1. The molecule has 2 amide bonds. The number of nitrogens with one attached hydrogen (secondary N) is 3. The van der Waals surface area contributed by atoms with Crippen molar-refractivity contribution in [1.82, 2.24) is 5.32 Å². The van der Waals surface area contributed by atoms with Crippen molar-refractivity contribution < 1.29 is 23.1 Å². The van der Waals surface area contributed by atoms with Crippen LogP contribution in [0, 0.1) is 0 Å². The minimum atomic E-state index is -3.67. The summed E-state index contributed by atoms with van der Waals surface area (Å²) in [6.45, 7) is 3.71. The van der Waals surface area contributed by atoms with Crippen molar-refractivity contribution in [3.63, 3.8) is 0 Å². The van der Waals surface area contributed by atoms with Gasteiger partial charge < -0.3 is 20.6 Å². The van der Waals surface area contributed by atoms with Gasteiger partial charge in [0.1, 0.15) is 0 Å². The number of hydrogen-bond donors (Lipinski definition) is 4. The Bertz CT molecular complexity index is 1070. The molecule has 0 fully saturated rings. The third-order valence-corrected chi connectivity index (χ3v) is 6.59. The summed E-state index contributed by atoms with van der Waals surface area (Å²) >= 11 is 0. The zero-order chi connectivity index (χ0) is 23.3. The molecule has 0 bridgehead atoms. The van der Waals surface area contributed by atoms with Crippen molar-refractivity contribution in [3.8, 4) is 0 Å². The van der Waals surface area contributed by atoms with Crippen LogP contribution in [0.4, 0.5) is 21.9 Å². The first kappa shape index (κ1) is 23.4. The molecule has 10 heteroatoms. The first-order valence-electron chi connectivity index (χ1n) is 10.4. The molecule has 0 radical (unpaired) electrons. The van der Waals surface area contributed by atoms with Gasteiger partial charge in [0.25, 0.3) is 0 Å². The average molecular weight is 461 g/mol. The van der Waals surface area contributed by atoms with E-state index in [0.717, 1.165) is 23.4 Å². The Morgan fingerprint density at radius 2 is 1.75 bits per heavy atom. The van der Waals surface area contributed by atoms with Crippen LogP contribution in [0.5, 0.6) is 0 Å². The van der Waals surface area contributed by atoms with Gasteiger partial charge >= 0.3 is 6.09 Å². The van der Waals surface area contributed by atoms with Crippen molar-refractivity contribution in [3.05, 3.63) is 54.1 Å². The van der Waals surface area contributed by atoms with Gasteiger partial charge in [0.2, 0.25) is 15.9 Å². The normalized spacial score (nSPS) is 17.9. The van der Waals surface area contributed by atoms with Gasteiger partial charge in [-0.3, -0.25) is 9.52 Å². The van der Waals surface area contributed by atoms with Gasteiger partial charge in [-0.2, -0.15) is 0 Å². The second-order valence-electron chi connectivity index (χ2n) is 7.69. The second kappa shape index (κ2) is 9.90. The molecule has 3 rings (SSSR count). The topological polar surface area (TPSA) is 128 Å². The highest BCUT2D eigenvalue weighted by Gasteiger charge is 2.32. The lowest BCUT2D eigenvalue weighted by Crippen LogP contribution is -2.44. The number of carbonyl (C=O) groups excluding carboxylic acids is 1. The molecular weight excluding hydrogens is 432 g/mol. The minimum absolute atomic E-state index is 0.00624. The van der Waals surface area contributed by atoms with Gasteiger partial charge in [0.05, 0.1) is 11.8 Å². The number of carbonyl (C=O) groups is 2. The Morgan fingerprint density at radius 3 is 2.41 bits per heavy atom. The highest BCUT2D eigenvalue weighted by Crippen LogP contribution is 2.39. The molecule has 0 saturated carbocycles. The maximum absolute atomic E-state index is 12.5. The first-order valence-corrected chi connectivity index (χ1v) is 12.1.